The molecule has 4 nitrogen and oxygen atoms in total. The Bertz CT molecular complexity index is 340. The molecule has 0 aliphatic carbocycles. The Labute approximate surface area is 109 Å². The van der Waals surface area contributed by atoms with Crippen molar-refractivity contribution in [3.8, 4) is 0 Å². The van der Waals surface area contributed by atoms with Crippen LogP contribution in [-0.4, -0.2) is 37.7 Å². The van der Waals surface area contributed by atoms with Gasteiger partial charge in [-0.1, -0.05) is 0 Å². The smallest absolute Gasteiger partial charge is 0.141 e. The molecule has 0 amide bonds. The second-order valence-electron chi connectivity index (χ2n) is 3.54. The number of ether oxygens (including phenoxy) is 2. The third-order valence-electron chi connectivity index (χ3n) is 2.12. The number of ketones is 1. The number of hydrogen-bond acceptors (Lipinski definition) is 4. The molecular formula is C12H16BrNO3. The molecule has 0 aliphatic heterocycles. The first-order chi connectivity index (χ1) is 8.22. The molecule has 0 radical (unpaired) electrons. The van der Waals surface area contributed by atoms with E-state index in [9.17, 15) is 4.79 Å². The molecule has 0 spiro atoms. The molecule has 0 N–H and O–H groups in total. The third-order valence-corrected chi connectivity index (χ3v) is 2.59. The maximum atomic E-state index is 11.6. The van der Waals surface area contributed by atoms with Crippen LogP contribution in [-0.2, 0) is 20.7 Å². The maximum absolute atomic E-state index is 11.6. The minimum atomic E-state index is 0.136. The molecule has 5 heteroatoms. The maximum Gasteiger partial charge on any atom is 0.141 e. The van der Waals surface area contributed by atoms with E-state index in [1.165, 1.54) is 0 Å². The molecular weight excluding hydrogens is 286 g/mol. The van der Waals surface area contributed by atoms with E-state index in [2.05, 4.69) is 20.9 Å². The highest BCUT2D eigenvalue weighted by Crippen LogP contribution is 2.08. The normalized spacial score (nSPS) is 10.5. The van der Waals surface area contributed by atoms with Crippen LogP contribution in [0.5, 0.6) is 0 Å². The van der Waals surface area contributed by atoms with Crippen LogP contribution in [0.1, 0.15) is 12.1 Å². The van der Waals surface area contributed by atoms with Crippen LogP contribution in [0.3, 0.4) is 0 Å². The number of halogens is 1. The molecule has 0 atom stereocenters. The topological polar surface area (TPSA) is 48.4 Å². The minimum Gasteiger partial charge on any atom is -0.382 e. The van der Waals surface area contributed by atoms with E-state index < -0.39 is 0 Å². The second kappa shape index (κ2) is 8.33. The van der Waals surface area contributed by atoms with Gasteiger partial charge in [-0.2, -0.15) is 0 Å². The van der Waals surface area contributed by atoms with E-state index in [4.69, 9.17) is 9.47 Å². The van der Waals surface area contributed by atoms with Gasteiger partial charge < -0.3 is 9.47 Å². The average molecular weight is 302 g/mol. The molecule has 1 aromatic rings. The van der Waals surface area contributed by atoms with E-state index in [0.717, 1.165) is 10.2 Å². The van der Waals surface area contributed by atoms with Crippen molar-refractivity contribution < 1.29 is 14.3 Å². The molecule has 0 fully saturated rings. The standard InChI is InChI=1S/C12H16BrNO3/c1-16-6-7-17-5-4-12(15)8-11-3-2-10(13)9-14-11/h2-3,9H,4-8H2,1H3. The summed E-state index contributed by atoms with van der Waals surface area (Å²) >= 11 is 3.30. The lowest BCUT2D eigenvalue weighted by Crippen LogP contribution is -2.10. The molecule has 0 saturated carbocycles. The van der Waals surface area contributed by atoms with Gasteiger partial charge in [0.2, 0.25) is 0 Å². The molecule has 0 aliphatic rings. The lowest BCUT2D eigenvalue weighted by atomic mass is 10.1. The zero-order chi connectivity index (χ0) is 12.5. The zero-order valence-electron chi connectivity index (χ0n) is 9.82. The van der Waals surface area contributed by atoms with Crippen LogP contribution in [0.15, 0.2) is 22.8 Å². The SMILES string of the molecule is COCCOCCC(=O)Cc1ccc(Br)cn1. The van der Waals surface area contributed by atoms with Crippen molar-refractivity contribution in [1.82, 2.24) is 4.98 Å². The molecule has 1 rings (SSSR count). The number of pyridine rings is 1. The summed E-state index contributed by atoms with van der Waals surface area (Å²) in [5.41, 5.74) is 0.787. The van der Waals surface area contributed by atoms with Crippen molar-refractivity contribution in [2.45, 2.75) is 12.8 Å². The quantitative estimate of drug-likeness (QED) is 0.689. The van der Waals surface area contributed by atoms with E-state index >= 15 is 0 Å². The number of carbonyl (C=O) groups is 1. The van der Waals surface area contributed by atoms with Crippen LogP contribution in [0.2, 0.25) is 0 Å². The largest absolute Gasteiger partial charge is 0.382 e. The molecule has 1 heterocycles. The first-order valence-electron chi connectivity index (χ1n) is 5.41. The van der Waals surface area contributed by atoms with Crippen LogP contribution in [0.25, 0.3) is 0 Å². The molecule has 94 valence electrons. The zero-order valence-corrected chi connectivity index (χ0v) is 11.4. The fourth-order valence-corrected chi connectivity index (χ4v) is 1.47. The van der Waals surface area contributed by atoms with Gasteiger partial charge in [-0.3, -0.25) is 9.78 Å². The van der Waals surface area contributed by atoms with Gasteiger partial charge in [0.15, 0.2) is 0 Å². The molecule has 0 aromatic carbocycles. The Hall–Kier alpha value is -0.780. The van der Waals surface area contributed by atoms with Crippen molar-refractivity contribution in [1.29, 1.82) is 0 Å². The number of carbonyl (C=O) groups excluding carboxylic acids is 1. The average Bonchev–Trinajstić information content (AvgIpc) is 2.32. The van der Waals surface area contributed by atoms with Crippen molar-refractivity contribution in [2.75, 3.05) is 26.9 Å². The molecule has 0 unspecified atom stereocenters. The summed E-state index contributed by atoms with van der Waals surface area (Å²) in [6, 6.07) is 3.72. The van der Waals surface area contributed by atoms with E-state index in [1.807, 2.05) is 12.1 Å². The van der Waals surface area contributed by atoms with Gasteiger partial charge >= 0.3 is 0 Å². The summed E-state index contributed by atoms with van der Waals surface area (Å²) in [6.45, 7) is 1.53. The van der Waals surface area contributed by atoms with Gasteiger partial charge in [0.25, 0.3) is 0 Å². The molecule has 17 heavy (non-hydrogen) atoms. The van der Waals surface area contributed by atoms with Crippen molar-refractivity contribution in [3.05, 3.63) is 28.5 Å². The number of aromatic nitrogens is 1. The summed E-state index contributed by atoms with van der Waals surface area (Å²) in [5, 5.41) is 0. The lowest BCUT2D eigenvalue weighted by Gasteiger charge is -2.03. The summed E-state index contributed by atoms with van der Waals surface area (Å²) in [6.07, 6.45) is 2.47. The van der Waals surface area contributed by atoms with E-state index in [1.54, 1.807) is 13.3 Å². The Morgan fingerprint density at radius 2 is 2.18 bits per heavy atom. The third kappa shape index (κ3) is 6.51. The van der Waals surface area contributed by atoms with Crippen LogP contribution < -0.4 is 0 Å². The van der Waals surface area contributed by atoms with Gasteiger partial charge in [0.1, 0.15) is 5.78 Å². The van der Waals surface area contributed by atoms with E-state index in [-0.39, 0.29) is 5.78 Å². The molecule has 0 saturated heterocycles. The van der Waals surface area contributed by atoms with Crippen molar-refractivity contribution in [3.63, 3.8) is 0 Å². The Kier molecular flexibility index (Phi) is 7.00. The Balaban J connectivity index is 2.18. The van der Waals surface area contributed by atoms with Gasteiger partial charge in [-0.05, 0) is 28.1 Å². The first-order valence-corrected chi connectivity index (χ1v) is 6.20. The summed E-state index contributed by atoms with van der Waals surface area (Å²) in [7, 11) is 1.62. The van der Waals surface area contributed by atoms with E-state index in [0.29, 0.717) is 32.7 Å². The number of hydrogen-bond donors (Lipinski definition) is 0. The highest BCUT2D eigenvalue weighted by Gasteiger charge is 2.04. The number of rotatable bonds is 8. The van der Waals surface area contributed by atoms with Gasteiger partial charge in [0, 0.05) is 36.3 Å². The van der Waals surface area contributed by atoms with Crippen LogP contribution in [0.4, 0.5) is 0 Å². The fraction of sp³-hybridized carbons (Fsp3) is 0.500. The summed E-state index contributed by atoms with van der Waals surface area (Å²) < 4.78 is 11.0. The number of methoxy groups -OCH3 is 1. The summed E-state index contributed by atoms with van der Waals surface area (Å²) in [4.78, 5) is 15.7. The monoisotopic (exact) mass is 301 g/mol. The number of Topliss-reactive ketones (excluding diaryl/α,β-unsaturated/α-hetero) is 1. The van der Waals surface area contributed by atoms with Gasteiger partial charge in [-0.15, -0.1) is 0 Å². The van der Waals surface area contributed by atoms with Gasteiger partial charge in [-0.25, -0.2) is 0 Å². The fourth-order valence-electron chi connectivity index (χ4n) is 1.23. The van der Waals surface area contributed by atoms with Crippen molar-refractivity contribution in [2.24, 2.45) is 0 Å². The predicted molar refractivity (Wildman–Crippen MR) is 68.0 cm³/mol. The molecule has 1 aromatic heterocycles. The lowest BCUT2D eigenvalue weighted by molar-refractivity contribution is -0.119. The predicted octanol–water partition coefficient (Wildman–Crippen LogP) is 2.01. The van der Waals surface area contributed by atoms with Gasteiger partial charge in [0.05, 0.1) is 19.8 Å². The highest BCUT2D eigenvalue weighted by molar-refractivity contribution is 9.10. The second-order valence-corrected chi connectivity index (χ2v) is 4.45. The first kappa shape index (κ1) is 14.3. The molecule has 0 bridgehead atoms. The van der Waals surface area contributed by atoms with Crippen molar-refractivity contribution >= 4 is 21.7 Å². The number of nitrogens with zero attached hydrogens (tertiary/aromatic N) is 1. The van der Waals surface area contributed by atoms with Crippen LogP contribution >= 0.6 is 15.9 Å². The Morgan fingerprint density at radius 3 is 2.82 bits per heavy atom. The minimum absolute atomic E-state index is 0.136. The van der Waals surface area contributed by atoms with Crippen LogP contribution in [0, 0.1) is 0 Å². The highest BCUT2D eigenvalue weighted by atomic mass is 79.9. The Morgan fingerprint density at radius 1 is 1.35 bits per heavy atom. The summed E-state index contributed by atoms with van der Waals surface area (Å²) in [5.74, 6) is 0.136.